The van der Waals surface area contributed by atoms with Crippen LogP contribution in [0.3, 0.4) is 0 Å². The van der Waals surface area contributed by atoms with Gasteiger partial charge in [0.2, 0.25) is 5.91 Å². The molecular formula is C13H16BrNO3S. The third-order valence-electron chi connectivity index (χ3n) is 3.53. The number of nitrogens with zero attached hydrogens (tertiary/aromatic N) is 1. The van der Waals surface area contributed by atoms with Gasteiger partial charge >= 0.3 is 5.97 Å². The minimum atomic E-state index is -0.819. The summed E-state index contributed by atoms with van der Waals surface area (Å²) in [6.07, 6.45) is 1.64. The number of carboxylic acids is 1. The third kappa shape index (κ3) is 3.00. The maximum atomic E-state index is 12.1. The molecule has 0 saturated carbocycles. The summed E-state index contributed by atoms with van der Waals surface area (Å²) in [4.78, 5) is 25.4. The predicted octanol–water partition coefficient (Wildman–Crippen LogP) is 3.28. The molecule has 1 aliphatic rings. The summed E-state index contributed by atoms with van der Waals surface area (Å²) in [6.45, 7) is 2.44. The Kier molecular flexibility index (Phi) is 4.62. The SMILES string of the molecule is CCN1C(=O)CCCC(C(=O)O)C1c1csc(Br)c1. The molecule has 1 fully saturated rings. The van der Waals surface area contributed by atoms with Crippen LogP contribution >= 0.6 is 27.3 Å². The molecule has 1 aromatic rings. The summed E-state index contributed by atoms with van der Waals surface area (Å²) in [7, 11) is 0. The van der Waals surface area contributed by atoms with Gasteiger partial charge in [-0.3, -0.25) is 9.59 Å². The quantitative estimate of drug-likeness (QED) is 0.914. The van der Waals surface area contributed by atoms with Crippen LogP contribution in [-0.4, -0.2) is 28.4 Å². The van der Waals surface area contributed by atoms with E-state index in [1.54, 1.807) is 4.90 Å². The van der Waals surface area contributed by atoms with Crippen molar-refractivity contribution in [2.45, 2.75) is 32.2 Å². The number of hydrogen-bond donors (Lipinski definition) is 1. The first-order chi connectivity index (χ1) is 9.04. The molecule has 1 N–H and O–H groups in total. The fraction of sp³-hybridized carbons (Fsp3) is 0.538. The van der Waals surface area contributed by atoms with Gasteiger partial charge in [-0.25, -0.2) is 0 Å². The number of hydrogen-bond acceptors (Lipinski definition) is 3. The standard InChI is InChI=1S/C13H16BrNO3S/c1-2-15-11(16)5-3-4-9(13(17)18)12(15)8-6-10(14)19-7-8/h6-7,9,12H,2-5H2,1H3,(H,17,18). The zero-order valence-corrected chi connectivity index (χ0v) is 13.0. The van der Waals surface area contributed by atoms with Gasteiger partial charge in [0.15, 0.2) is 0 Å². The Hall–Kier alpha value is -0.880. The first-order valence-electron chi connectivity index (χ1n) is 6.30. The molecule has 0 bridgehead atoms. The van der Waals surface area contributed by atoms with Gasteiger partial charge in [-0.2, -0.15) is 0 Å². The van der Waals surface area contributed by atoms with Crippen molar-refractivity contribution in [3.63, 3.8) is 0 Å². The second kappa shape index (κ2) is 6.05. The number of halogens is 1. The average molecular weight is 346 g/mol. The van der Waals surface area contributed by atoms with Crippen LogP contribution in [0.4, 0.5) is 0 Å². The Labute approximate surface area is 124 Å². The minimum absolute atomic E-state index is 0.0542. The van der Waals surface area contributed by atoms with E-state index in [-0.39, 0.29) is 11.9 Å². The monoisotopic (exact) mass is 345 g/mol. The van der Waals surface area contributed by atoms with Crippen LogP contribution in [0.25, 0.3) is 0 Å². The highest BCUT2D eigenvalue weighted by atomic mass is 79.9. The number of likely N-dealkylation sites (tertiary alicyclic amines) is 1. The first kappa shape index (κ1) is 14.5. The second-order valence-corrected chi connectivity index (χ2v) is 6.94. The van der Waals surface area contributed by atoms with Crippen molar-refractivity contribution in [3.8, 4) is 0 Å². The molecule has 0 radical (unpaired) electrons. The molecule has 2 atom stereocenters. The molecule has 0 aromatic carbocycles. The maximum Gasteiger partial charge on any atom is 0.308 e. The molecule has 4 nitrogen and oxygen atoms in total. The van der Waals surface area contributed by atoms with E-state index in [9.17, 15) is 14.7 Å². The third-order valence-corrected chi connectivity index (χ3v) is 5.05. The van der Waals surface area contributed by atoms with Crippen molar-refractivity contribution in [1.29, 1.82) is 0 Å². The van der Waals surface area contributed by atoms with Crippen LogP contribution in [0, 0.1) is 5.92 Å². The van der Waals surface area contributed by atoms with Crippen molar-refractivity contribution in [2.24, 2.45) is 5.92 Å². The molecule has 6 heteroatoms. The molecule has 0 aliphatic carbocycles. The molecule has 104 valence electrons. The van der Waals surface area contributed by atoms with Crippen LogP contribution in [0.15, 0.2) is 15.2 Å². The lowest BCUT2D eigenvalue weighted by Crippen LogP contribution is -2.38. The predicted molar refractivity (Wildman–Crippen MR) is 77.1 cm³/mol. The largest absolute Gasteiger partial charge is 0.481 e. The highest BCUT2D eigenvalue weighted by molar-refractivity contribution is 9.11. The van der Waals surface area contributed by atoms with Crippen molar-refractivity contribution in [2.75, 3.05) is 6.54 Å². The zero-order chi connectivity index (χ0) is 14.0. The van der Waals surface area contributed by atoms with Gasteiger partial charge in [-0.15, -0.1) is 11.3 Å². The average Bonchev–Trinajstić information content (AvgIpc) is 2.70. The van der Waals surface area contributed by atoms with E-state index in [0.717, 1.165) is 9.35 Å². The van der Waals surface area contributed by atoms with Crippen molar-refractivity contribution in [1.82, 2.24) is 4.90 Å². The van der Waals surface area contributed by atoms with Crippen LogP contribution < -0.4 is 0 Å². The molecular weight excluding hydrogens is 330 g/mol. The number of carbonyl (C=O) groups is 2. The first-order valence-corrected chi connectivity index (χ1v) is 7.98. The smallest absolute Gasteiger partial charge is 0.308 e. The number of carboxylic acid groups (broad SMARTS) is 1. The van der Waals surface area contributed by atoms with E-state index in [2.05, 4.69) is 15.9 Å². The van der Waals surface area contributed by atoms with Crippen molar-refractivity contribution in [3.05, 3.63) is 20.8 Å². The Morgan fingerprint density at radius 2 is 2.37 bits per heavy atom. The van der Waals surface area contributed by atoms with Gasteiger partial charge in [-0.05, 0) is 52.7 Å². The molecule has 1 amide bonds. The molecule has 2 heterocycles. The summed E-state index contributed by atoms with van der Waals surface area (Å²) in [5.41, 5.74) is 0.918. The number of carbonyl (C=O) groups excluding carboxylic acids is 1. The zero-order valence-electron chi connectivity index (χ0n) is 10.6. The van der Waals surface area contributed by atoms with E-state index < -0.39 is 11.9 Å². The molecule has 1 aliphatic heterocycles. The molecule has 1 aromatic heterocycles. The summed E-state index contributed by atoms with van der Waals surface area (Å²) in [6, 6.07) is 1.58. The minimum Gasteiger partial charge on any atom is -0.481 e. The van der Waals surface area contributed by atoms with Crippen molar-refractivity contribution >= 4 is 39.1 Å². The second-order valence-electron chi connectivity index (χ2n) is 4.65. The Bertz CT molecular complexity index is 486. The topological polar surface area (TPSA) is 57.6 Å². The van der Waals surface area contributed by atoms with E-state index in [1.165, 1.54) is 11.3 Å². The maximum absolute atomic E-state index is 12.1. The summed E-state index contributed by atoms with van der Waals surface area (Å²) >= 11 is 4.92. The lowest BCUT2D eigenvalue weighted by Gasteiger charge is -2.32. The molecule has 19 heavy (non-hydrogen) atoms. The van der Waals surface area contributed by atoms with Gasteiger partial charge < -0.3 is 10.0 Å². The van der Waals surface area contributed by atoms with Crippen LogP contribution in [0.2, 0.25) is 0 Å². The summed E-state index contributed by atoms with van der Waals surface area (Å²) < 4.78 is 0.958. The van der Waals surface area contributed by atoms with Gasteiger partial charge in [0.05, 0.1) is 15.7 Å². The normalized spacial score (nSPS) is 24.3. The fourth-order valence-electron chi connectivity index (χ4n) is 2.67. The summed E-state index contributed by atoms with van der Waals surface area (Å²) in [5, 5.41) is 11.4. The van der Waals surface area contributed by atoms with Gasteiger partial charge in [0, 0.05) is 13.0 Å². The number of aliphatic carboxylic acids is 1. The lowest BCUT2D eigenvalue weighted by atomic mass is 9.91. The fourth-order valence-corrected chi connectivity index (χ4v) is 3.87. The van der Waals surface area contributed by atoms with Gasteiger partial charge in [0.25, 0.3) is 0 Å². The number of amides is 1. The molecule has 2 unspecified atom stereocenters. The molecule has 2 rings (SSSR count). The van der Waals surface area contributed by atoms with Crippen LogP contribution in [-0.2, 0) is 9.59 Å². The lowest BCUT2D eigenvalue weighted by molar-refractivity contribution is -0.146. The van der Waals surface area contributed by atoms with Gasteiger partial charge in [-0.1, -0.05) is 0 Å². The number of rotatable bonds is 3. The Morgan fingerprint density at radius 1 is 1.63 bits per heavy atom. The molecule has 0 spiro atoms. The number of thiophene rings is 1. The Morgan fingerprint density at radius 3 is 2.89 bits per heavy atom. The van der Waals surface area contributed by atoms with E-state index >= 15 is 0 Å². The van der Waals surface area contributed by atoms with Crippen molar-refractivity contribution < 1.29 is 14.7 Å². The van der Waals surface area contributed by atoms with Crippen LogP contribution in [0.1, 0.15) is 37.8 Å². The highest BCUT2D eigenvalue weighted by Gasteiger charge is 2.38. The Balaban J connectivity index is 2.43. The van der Waals surface area contributed by atoms with Gasteiger partial charge in [0.1, 0.15) is 0 Å². The highest BCUT2D eigenvalue weighted by Crippen LogP contribution is 2.38. The van der Waals surface area contributed by atoms with Crippen LogP contribution in [0.5, 0.6) is 0 Å². The van der Waals surface area contributed by atoms with E-state index in [1.807, 2.05) is 18.4 Å². The van der Waals surface area contributed by atoms with E-state index in [0.29, 0.717) is 25.8 Å². The molecule has 1 saturated heterocycles. The van der Waals surface area contributed by atoms with E-state index in [4.69, 9.17) is 0 Å². The summed E-state index contributed by atoms with van der Waals surface area (Å²) in [5.74, 6) is -1.29.